The van der Waals surface area contributed by atoms with Crippen LogP contribution in [0.3, 0.4) is 0 Å². The number of hydrogen-bond donors (Lipinski definition) is 2. The van der Waals surface area contributed by atoms with Crippen LogP contribution in [0.15, 0.2) is 18.5 Å². The fourth-order valence-corrected chi connectivity index (χ4v) is 2.37. The first-order valence-electron chi connectivity index (χ1n) is 6.43. The van der Waals surface area contributed by atoms with Crippen LogP contribution in [-0.2, 0) is 4.74 Å². The van der Waals surface area contributed by atoms with Crippen molar-refractivity contribution in [3.63, 3.8) is 0 Å². The third kappa shape index (κ3) is 3.42. The number of nitrogens with two attached hydrogens (primary N) is 1. The molecule has 0 saturated carbocycles. The molecule has 0 aromatic carbocycles. The number of primary amides is 1. The molecule has 1 aromatic heterocycles. The standard InChI is InChI=1S/C13H19N3O3/c14-13(18)11-8-15-4-3-12(11)16-5-1-2-10(9-16)19-7-6-17/h3-4,8,10,17H,1-2,5-7,9H2,(H2,14,18). The monoisotopic (exact) mass is 265 g/mol. The van der Waals surface area contributed by atoms with Crippen LogP contribution in [0.25, 0.3) is 0 Å². The van der Waals surface area contributed by atoms with E-state index in [0.29, 0.717) is 18.7 Å². The van der Waals surface area contributed by atoms with E-state index < -0.39 is 5.91 Å². The maximum Gasteiger partial charge on any atom is 0.252 e. The van der Waals surface area contributed by atoms with Crippen LogP contribution in [-0.4, -0.2) is 48.4 Å². The molecule has 1 amide bonds. The van der Waals surface area contributed by atoms with Gasteiger partial charge in [-0.25, -0.2) is 0 Å². The van der Waals surface area contributed by atoms with Crippen LogP contribution in [0.2, 0.25) is 0 Å². The van der Waals surface area contributed by atoms with Gasteiger partial charge in [-0.3, -0.25) is 9.78 Å². The summed E-state index contributed by atoms with van der Waals surface area (Å²) in [5.41, 5.74) is 6.61. The second-order valence-electron chi connectivity index (χ2n) is 4.56. The summed E-state index contributed by atoms with van der Waals surface area (Å²) in [6.45, 7) is 1.93. The predicted molar refractivity (Wildman–Crippen MR) is 71.0 cm³/mol. The van der Waals surface area contributed by atoms with E-state index in [4.69, 9.17) is 15.6 Å². The number of piperidine rings is 1. The summed E-state index contributed by atoms with van der Waals surface area (Å²) in [7, 11) is 0. The zero-order valence-corrected chi connectivity index (χ0v) is 10.8. The summed E-state index contributed by atoms with van der Waals surface area (Å²) in [4.78, 5) is 17.4. The first-order valence-corrected chi connectivity index (χ1v) is 6.43. The van der Waals surface area contributed by atoms with E-state index in [-0.39, 0.29) is 12.7 Å². The Hall–Kier alpha value is -1.66. The van der Waals surface area contributed by atoms with Gasteiger partial charge in [-0.2, -0.15) is 0 Å². The second-order valence-corrected chi connectivity index (χ2v) is 4.56. The Morgan fingerprint density at radius 2 is 2.47 bits per heavy atom. The average molecular weight is 265 g/mol. The molecule has 104 valence electrons. The van der Waals surface area contributed by atoms with Gasteiger partial charge in [0.15, 0.2) is 0 Å². The van der Waals surface area contributed by atoms with Gasteiger partial charge in [0.05, 0.1) is 30.6 Å². The van der Waals surface area contributed by atoms with Crippen LogP contribution < -0.4 is 10.6 Å². The quantitative estimate of drug-likeness (QED) is 0.791. The zero-order chi connectivity index (χ0) is 13.7. The van der Waals surface area contributed by atoms with E-state index in [0.717, 1.165) is 25.1 Å². The Labute approximate surface area is 112 Å². The van der Waals surface area contributed by atoms with Crippen LogP contribution >= 0.6 is 0 Å². The van der Waals surface area contributed by atoms with Crippen molar-refractivity contribution in [1.82, 2.24) is 4.98 Å². The van der Waals surface area contributed by atoms with Gasteiger partial charge in [-0.05, 0) is 18.9 Å². The van der Waals surface area contributed by atoms with Gasteiger partial charge in [-0.15, -0.1) is 0 Å². The van der Waals surface area contributed by atoms with Crippen molar-refractivity contribution in [2.45, 2.75) is 18.9 Å². The lowest BCUT2D eigenvalue weighted by molar-refractivity contribution is 0.0214. The van der Waals surface area contributed by atoms with Crippen LogP contribution in [0.4, 0.5) is 5.69 Å². The summed E-state index contributed by atoms with van der Waals surface area (Å²) in [6.07, 6.45) is 5.18. The molecule has 0 bridgehead atoms. The van der Waals surface area contributed by atoms with E-state index in [9.17, 15) is 4.79 Å². The summed E-state index contributed by atoms with van der Waals surface area (Å²) in [5, 5.41) is 8.79. The highest BCUT2D eigenvalue weighted by atomic mass is 16.5. The number of carbonyl (C=O) groups is 1. The molecule has 1 fully saturated rings. The van der Waals surface area contributed by atoms with Crippen molar-refractivity contribution in [1.29, 1.82) is 0 Å². The molecule has 19 heavy (non-hydrogen) atoms. The number of aliphatic hydroxyl groups excluding tert-OH is 1. The molecule has 6 heteroatoms. The van der Waals surface area contributed by atoms with E-state index in [1.807, 2.05) is 0 Å². The first-order chi connectivity index (χ1) is 9.22. The number of anilines is 1. The number of hydrogen-bond acceptors (Lipinski definition) is 5. The Morgan fingerprint density at radius 3 is 3.21 bits per heavy atom. The molecule has 3 N–H and O–H groups in total. The molecule has 1 aliphatic rings. The fourth-order valence-electron chi connectivity index (χ4n) is 2.37. The van der Waals surface area contributed by atoms with E-state index >= 15 is 0 Å². The second kappa shape index (κ2) is 6.49. The van der Waals surface area contributed by atoms with Crippen LogP contribution in [0.5, 0.6) is 0 Å². The molecule has 1 saturated heterocycles. The topological polar surface area (TPSA) is 88.7 Å². The van der Waals surface area contributed by atoms with E-state index in [1.165, 1.54) is 6.20 Å². The van der Waals surface area contributed by atoms with Gasteiger partial charge in [0.25, 0.3) is 5.91 Å². The third-order valence-corrected chi connectivity index (χ3v) is 3.23. The summed E-state index contributed by atoms with van der Waals surface area (Å²) in [6, 6.07) is 1.80. The smallest absolute Gasteiger partial charge is 0.252 e. The first kappa shape index (κ1) is 13.8. The lowest BCUT2D eigenvalue weighted by Crippen LogP contribution is -2.41. The minimum Gasteiger partial charge on any atom is -0.394 e. The molecule has 1 aromatic rings. The Morgan fingerprint density at radius 1 is 1.63 bits per heavy atom. The normalized spacial score (nSPS) is 19.4. The Bertz CT molecular complexity index is 439. The molecule has 0 aliphatic carbocycles. The Kier molecular flexibility index (Phi) is 4.70. The average Bonchev–Trinajstić information content (AvgIpc) is 2.45. The van der Waals surface area contributed by atoms with Crippen LogP contribution in [0.1, 0.15) is 23.2 Å². The van der Waals surface area contributed by atoms with Crippen molar-refractivity contribution in [2.75, 3.05) is 31.2 Å². The minimum absolute atomic E-state index is 0.0261. The fraction of sp³-hybridized carbons (Fsp3) is 0.538. The van der Waals surface area contributed by atoms with E-state index in [1.54, 1.807) is 12.3 Å². The molecule has 2 rings (SSSR count). The molecule has 1 aliphatic heterocycles. The lowest BCUT2D eigenvalue weighted by Gasteiger charge is -2.34. The van der Waals surface area contributed by atoms with Gasteiger partial charge in [0, 0.05) is 25.5 Å². The maximum atomic E-state index is 11.4. The number of amides is 1. The molecular formula is C13H19N3O3. The van der Waals surface area contributed by atoms with Gasteiger partial charge >= 0.3 is 0 Å². The van der Waals surface area contributed by atoms with Gasteiger partial charge < -0.3 is 20.5 Å². The maximum absolute atomic E-state index is 11.4. The van der Waals surface area contributed by atoms with Crippen LogP contribution in [0, 0.1) is 0 Å². The van der Waals surface area contributed by atoms with Crippen molar-refractivity contribution >= 4 is 11.6 Å². The molecule has 1 atom stereocenters. The van der Waals surface area contributed by atoms with Gasteiger partial charge in [-0.1, -0.05) is 0 Å². The highest BCUT2D eigenvalue weighted by Crippen LogP contribution is 2.24. The van der Waals surface area contributed by atoms with Crippen molar-refractivity contribution < 1.29 is 14.6 Å². The largest absolute Gasteiger partial charge is 0.394 e. The van der Waals surface area contributed by atoms with Crippen molar-refractivity contribution in [3.8, 4) is 0 Å². The molecule has 0 radical (unpaired) electrons. The number of rotatable bonds is 5. The number of ether oxygens (including phenoxy) is 1. The molecule has 6 nitrogen and oxygen atoms in total. The van der Waals surface area contributed by atoms with Crippen molar-refractivity contribution in [3.05, 3.63) is 24.0 Å². The number of nitrogens with zero attached hydrogens (tertiary/aromatic N) is 2. The van der Waals surface area contributed by atoms with Crippen molar-refractivity contribution in [2.24, 2.45) is 5.73 Å². The predicted octanol–water partition coefficient (Wildman–Crippen LogP) is 0.158. The highest BCUT2D eigenvalue weighted by molar-refractivity contribution is 5.98. The third-order valence-electron chi connectivity index (χ3n) is 3.23. The summed E-state index contributed by atoms with van der Waals surface area (Å²) < 4.78 is 5.56. The van der Waals surface area contributed by atoms with Gasteiger partial charge in [0.2, 0.25) is 0 Å². The van der Waals surface area contributed by atoms with E-state index in [2.05, 4.69) is 9.88 Å². The molecule has 0 spiro atoms. The summed E-state index contributed by atoms with van der Waals surface area (Å²) >= 11 is 0. The summed E-state index contributed by atoms with van der Waals surface area (Å²) in [5.74, 6) is -0.471. The number of pyridine rings is 1. The molecular weight excluding hydrogens is 246 g/mol. The minimum atomic E-state index is -0.471. The lowest BCUT2D eigenvalue weighted by atomic mass is 10.1. The number of aliphatic hydroxyl groups is 1. The molecule has 2 heterocycles. The highest BCUT2D eigenvalue weighted by Gasteiger charge is 2.23. The molecule has 1 unspecified atom stereocenters. The SMILES string of the molecule is NC(=O)c1cnccc1N1CCCC(OCCO)C1. The van der Waals surface area contributed by atoms with Gasteiger partial charge in [0.1, 0.15) is 0 Å². The number of carbonyl (C=O) groups excluding carboxylic acids is 1. The number of aromatic nitrogens is 1. The Balaban J connectivity index is 2.11. The zero-order valence-electron chi connectivity index (χ0n) is 10.8.